The average molecular weight is 377 g/mol. The van der Waals surface area contributed by atoms with Crippen molar-refractivity contribution in [1.29, 1.82) is 0 Å². The third-order valence-corrected chi connectivity index (χ3v) is 6.23. The monoisotopic (exact) mass is 376 g/mol. The van der Waals surface area contributed by atoms with Crippen molar-refractivity contribution < 1.29 is 12.8 Å². The van der Waals surface area contributed by atoms with Crippen LogP contribution in [0, 0.1) is 0 Å². The maximum absolute atomic E-state index is 11.6. The molecule has 0 aliphatic carbocycles. The minimum absolute atomic E-state index is 0.255. The van der Waals surface area contributed by atoms with Crippen LogP contribution >= 0.6 is 0 Å². The Kier molecular flexibility index (Phi) is 6.16. The average Bonchev–Trinajstić information content (AvgIpc) is 3.13. The fraction of sp³-hybridized carbons (Fsp3) is 0.500. The summed E-state index contributed by atoms with van der Waals surface area (Å²) in [5.74, 6) is 1.02. The molecule has 0 saturated carbocycles. The molecular formula is C20H28N2O3S. The molecule has 0 radical (unpaired) electrons. The summed E-state index contributed by atoms with van der Waals surface area (Å²) >= 11 is 0. The molecule has 1 aliphatic heterocycles. The predicted octanol–water partition coefficient (Wildman–Crippen LogP) is 3.39. The van der Waals surface area contributed by atoms with Gasteiger partial charge in [-0.1, -0.05) is 19.1 Å². The molecule has 1 aromatic carbocycles. The largest absolute Gasteiger partial charge is 0.468 e. The Morgan fingerprint density at radius 3 is 2.42 bits per heavy atom. The first kappa shape index (κ1) is 19.1. The second-order valence-corrected chi connectivity index (χ2v) is 9.11. The van der Waals surface area contributed by atoms with Crippen molar-refractivity contribution in [2.75, 3.05) is 19.3 Å². The molecule has 1 aliphatic rings. The standard InChI is InChI=1S/C20H28N2O3S/c1-3-20(16-6-8-19(9-7-16)26(2,23)24)21-17-10-12-22(13-11-17)15-18-5-4-14-25-18/h4-9,14,17,20-21H,3,10-13,15H2,1-2H3. The highest BCUT2D eigenvalue weighted by Gasteiger charge is 2.22. The number of piperidine rings is 1. The van der Waals surface area contributed by atoms with Crippen LogP contribution in [0.1, 0.15) is 43.6 Å². The molecule has 0 spiro atoms. The summed E-state index contributed by atoms with van der Waals surface area (Å²) in [5.41, 5.74) is 1.15. The van der Waals surface area contributed by atoms with Gasteiger partial charge in [-0.05, 0) is 49.1 Å². The Balaban J connectivity index is 1.54. The Morgan fingerprint density at radius 2 is 1.88 bits per heavy atom. The van der Waals surface area contributed by atoms with Gasteiger partial charge in [-0.2, -0.15) is 0 Å². The van der Waals surface area contributed by atoms with Crippen molar-refractivity contribution >= 4 is 9.84 Å². The van der Waals surface area contributed by atoms with Crippen LogP contribution in [-0.2, 0) is 16.4 Å². The molecule has 2 heterocycles. The van der Waals surface area contributed by atoms with E-state index in [4.69, 9.17) is 4.42 Å². The first-order chi connectivity index (χ1) is 12.5. The van der Waals surface area contributed by atoms with Crippen LogP contribution in [0.15, 0.2) is 52.0 Å². The summed E-state index contributed by atoms with van der Waals surface area (Å²) in [6, 6.07) is 12.0. The molecule has 1 saturated heterocycles. The first-order valence-electron chi connectivity index (χ1n) is 9.26. The molecule has 142 valence electrons. The number of hydrogen-bond acceptors (Lipinski definition) is 5. The highest BCUT2D eigenvalue weighted by Crippen LogP contribution is 2.22. The van der Waals surface area contributed by atoms with Gasteiger partial charge >= 0.3 is 0 Å². The SMILES string of the molecule is CCC(NC1CCN(Cc2ccco2)CC1)c1ccc(S(C)(=O)=O)cc1. The van der Waals surface area contributed by atoms with E-state index in [2.05, 4.69) is 17.1 Å². The minimum atomic E-state index is -3.14. The van der Waals surface area contributed by atoms with E-state index in [1.54, 1.807) is 18.4 Å². The lowest BCUT2D eigenvalue weighted by Gasteiger charge is -2.34. The second kappa shape index (κ2) is 8.37. The van der Waals surface area contributed by atoms with E-state index in [-0.39, 0.29) is 6.04 Å². The van der Waals surface area contributed by atoms with E-state index < -0.39 is 9.84 Å². The summed E-state index contributed by atoms with van der Waals surface area (Å²) in [5, 5.41) is 3.76. The van der Waals surface area contributed by atoms with Crippen molar-refractivity contribution in [3.8, 4) is 0 Å². The number of nitrogens with one attached hydrogen (secondary N) is 1. The smallest absolute Gasteiger partial charge is 0.175 e. The predicted molar refractivity (Wildman–Crippen MR) is 103 cm³/mol. The molecule has 0 bridgehead atoms. The fourth-order valence-corrected chi connectivity index (χ4v) is 4.19. The number of hydrogen-bond donors (Lipinski definition) is 1. The lowest BCUT2D eigenvalue weighted by atomic mass is 9.99. The zero-order valence-electron chi connectivity index (χ0n) is 15.5. The van der Waals surface area contributed by atoms with E-state index in [0.717, 1.165) is 50.2 Å². The third-order valence-electron chi connectivity index (χ3n) is 5.10. The quantitative estimate of drug-likeness (QED) is 0.802. The van der Waals surface area contributed by atoms with Gasteiger partial charge in [0.25, 0.3) is 0 Å². The van der Waals surface area contributed by atoms with Crippen molar-refractivity contribution in [1.82, 2.24) is 10.2 Å². The molecule has 6 heteroatoms. The van der Waals surface area contributed by atoms with Gasteiger partial charge in [-0.15, -0.1) is 0 Å². The summed E-state index contributed by atoms with van der Waals surface area (Å²) < 4.78 is 28.7. The third kappa shape index (κ3) is 4.96. The van der Waals surface area contributed by atoms with E-state index in [9.17, 15) is 8.42 Å². The van der Waals surface area contributed by atoms with Gasteiger partial charge in [0.05, 0.1) is 17.7 Å². The van der Waals surface area contributed by atoms with Crippen LogP contribution in [-0.4, -0.2) is 38.7 Å². The zero-order chi connectivity index (χ0) is 18.6. The number of nitrogens with zero attached hydrogens (tertiary/aromatic N) is 1. The van der Waals surface area contributed by atoms with Crippen molar-refractivity contribution in [2.45, 2.75) is 49.7 Å². The molecule has 3 rings (SSSR count). The van der Waals surface area contributed by atoms with Crippen LogP contribution in [0.25, 0.3) is 0 Å². The van der Waals surface area contributed by atoms with Crippen LogP contribution in [0.2, 0.25) is 0 Å². The maximum atomic E-state index is 11.6. The number of likely N-dealkylation sites (tertiary alicyclic amines) is 1. The second-order valence-electron chi connectivity index (χ2n) is 7.10. The Hall–Kier alpha value is -1.63. The molecule has 5 nitrogen and oxygen atoms in total. The van der Waals surface area contributed by atoms with E-state index >= 15 is 0 Å². The lowest BCUT2D eigenvalue weighted by molar-refractivity contribution is 0.172. The van der Waals surface area contributed by atoms with E-state index in [1.807, 2.05) is 24.3 Å². The van der Waals surface area contributed by atoms with Gasteiger partial charge in [0, 0.05) is 31.4 Å². The minimum Gasteiger partial charge on any atom is -0.468 e. The first-order valence-corrected chi connectivity index (χ1v) is 11.2. The summed E-state index contributed by atoms with van der Waals surface area (Å²) in [7, 11) is -3.14. The number of furan rings is 1. The van der Waals surface area contributed by atoms with Crippen LogP contribution in [0.3, 0.4) is 0 Å². The Labute approximate surface area is 156 Å². The van der Waals surface area contributed by atoms with Crippen molar-refractivity contribution in [3.05, 3.63) is 54.0 Å². The fourth-order valence-electron chi connectivity index (χ4n) is 3.56. The van der Waals surface area contributed by atoms with Gasteiger partial charge in [-0.3, -0.25) is 4.90 Å². The Morgan fingerprint density at radius 1 is 1.19 bits per heavy atom. The molecule has 2 aromatic rings. The highest BCUT2D eigenvalue weighted by atomic mass is 32.2. The van der Waals surface area contributed by atoms with Gasteiger partial charge in [-0.25, -0.2) is 8.42 Å². The molecule has 1 unspecified atom stereocenters. The molecule has 26 heavy (non-hydrogen) atoms. The molecule has 1 atom stereocenters. The van der Waals surface area contributed by atoms with E-state index in [1.165, 1.54) is 6.26 Å². The normalized spacial score (nSPS) is 18.1. The molecule has 1 fully saturated rings. The van der Waals surface area contributed by atoms with Crippen molar-refractivity contribution in [3.63, 3.8) is 0 Å². The van der Waals surface area contributed by atoms with E-state index in [0.29, 0.717) is 10.9 Å². The molecule has 1 aromatic heterocycles. The molecular weight excluding hydrogens is 348 g/mol. The van der Waals surface area contributed by atoms with Crippen LogP contribution in [0.5, 0.6) is 0 Å². The van der Waals surface area contributed by atoms with Gasteiger partial charge in [0.1, 0.15) is 5.76 Å². The van der Waals surface area contributed by atoms with Crippen LogP contribution in [0.4, 0.5) is 0 Å². The summed E-state index contributed by atoms with van der Waals surface area (Å²) in [6.07, 6.45) is 6.17. The van der Waals surface area contributed by atoms with Gasteiger partial charge in [0.15, 0.2) is 9.84 Å². The van der Waals surface area contributed by atoms with Crippen LogP contribution < -0.4 is 5.32 Å². The Bertz CT molecular complexity index is 777. The lowest BCUT2D eigenvalue weighted by Crippen LogP contribution is -2.43. The van der Waals surface area contributed by atoms with Gasteiger partial charge < -0.3 is 9.73 Å². The van der Waals surface area contributed by atoms with Gasteiger partial charge in [0.2, 0.25) is 0 Å². The van der Waals surface area contributed by atoms with Crippen molar-refractivity contribution in [2.24, 2.45) is 0 Å². The topological polar surface area (TPSA) is 62.6 Å². The maximum Gasteiger partial charge on any atom is 0.175 e. The summed E-state index contributed by atoms with van der Waals surface area (Å²) in [6.45, 7) is 5.15. The summed E-state index contributed by atoms with van der Waals surface area (Å²) in [4.78, 5) is 2.81. The molecule has 0 amide bonds. The molecule has 1 N–H and O–H groups in total. The zero-order valence-corrected chi connectivity index (χ0v) is 16.3. The number of benzene rings is 1. The number of sulfone groups is 1. The number of rotatable bonds is 7. The highest BCUT2D eigenvalue weighted by molar-refractivity contribution is 7.90.